The van der Waals surface area contributed by atoms with E-state index in [1.807, 2.05) is 0 Å². The highest BCUT2D eigenvalue weighted by Gasteiger charge is 2.44. The minimum atomic E-state index is -0.855. The first kappa shape index (κ1) is 13.9. The number of nitrogens with two attached hydrogens (primary N) is 1. The Hall–Kier alpha value is -1.14. The third-order valence-electron chi connectivity index (χ3n) is 3.32. The Kier molecular flexibility index (Phi) is 4.47. The molecule has 6 nitrogen and oxygen atoms in total. The predicted octanol–water partition coefficient (Wildman–Crippen LogP) is -0.423. The zero-order valence-corrected chi connectivity index (χ0v) is 10.2. The molecule has 3 unspecified atom stereocenters. The molecule has 1 amide bonds. The molecule has 0 radical (unpaired) electrons. The molecule has 0 spiro atoms. The Morgan fingerprint density at radius 3 is 2.76 bits per heavy atom. The van der Waals surface area contributed by atoms with E-state index in [1.165, 1.54) is 0 Å². The van der Waals surface area contributed by atoms with Gasteiger partial charge < -0.3 is 20.9 Å². The summed E-state index contributed by atoms with van der Waals surface area (Å²) in [6, 6.07) is -0.306. The minimum absolute atomic E-state index is 0.167. The molecule has 6 heteroatoms. The van der Waals surface area contributed by atoms with Crippen LogP contribution in [0.4, 0.5) is 0 Å². The summed E-state index contributed by atoms with van der Waals surface area (Å²) in [4.78, 5) is 22.5. The molecular formula is C11H20N2O4. The second kappa shape index (κ2) is 5.46. The lowest BCUT2D eigenvalue weighted by Gasteiger charge is -2.25. The van der Waals surface area contributed by atoms with Crippen molar-refractivity contribution < 1.29 is 19.4 Å². The maximum Gasteiger partial charge on any atom is 0.306 e. The van der Waals surface area contributed by atoms with Gasteiger partial charge in [-0.25, -0.2) is 0 Å². The first-order valence-corrected chi connectivity index (χ1v) is 5.72. The Balaban J connectivity index is 2.37. The summed E-state index contributed by atoms with van der Waals surface area (Å²) >= 11 is 0. The van der Waals surface area contributed by atoms with Gasteiger partial charge in [0.15, 0.2) is 0 Å². The van der Waals surface area contributed by atoms with Gasteiger partial charge in [0, 0.05) is 12.6 Å². The highest BCUT2D eigenvalue weighted by Crippen LogP contribution is 2.27. The summed E-state index contributed by atoms with van der Waals surface area (Å²) in [6.45, 7) is 4.42. The van der Waals surface area contributed by atoms with E-state index in [9.17, 15) is 9.59 Å². The largest absolute Gasteiger partial charge is 0.481 e. The van der Waals surface area contributed by atoms with Gasteiger partial charge in [0.05, 0.1) is 24.5 Å². The number of hydrogen-bond acceptors (Lipinski definition) is 4. The van der Waals surface area contributed by atoms with Crippen LogP contribution in [-0.4, -0.2) is 42.8 Å². The first-order chi connectivity index (χ1) is 7.88. The lowest BCUT2D eigenvalue weighted by atomic mass is 9.85. The highest BCUT2D eigenvalue weighted by atomic mass is 16.5. The molecule has 0 aliphatic carbocycles. The lowest BCUT2D eigenvalue weighted by molar-refractivity contribution is -0.141. The number of carboxylic acid groups (broad SMARTS) is 1. The van der Waals surface area contributed by atoms with Crippen LogP contribution in [0.3, 0.4) is 0 Å². The van der Waals surface area contributed by atoms with Crippen molar-refractivity contribution >= 4 is 11.9 Å². The van der Waals surface area contributed by atoms with E-state index in [1.54, 1.807) is 13.8 Å². The second-order valence-electron chi connectivity index (χ2n) is 4.82. The molecular weight excluding hydrogens is 224 g/mol. The van der Waals surface area contributed by atoms with Gasteiger partial charge in [-0.15, -0.1) is 0 Å². The normalized spacial score (nSPS) is 29.9. The fourth-order valence-corrected chi connectivity index (χ4v) is 1.65. The van der Waals surface area contributed by atoms with Gasteiger partial charge in [0.1, 0.15) is 0 Å². The summed E-state index contributed by atoms with van der Waals surface area (Å²) in [5.41, 5.74) is 5.11. The summed E-state index contributed by atoms with van der Waals surface area (Å²) in [5.74, 6) is -1.48. The number of aliphatic carboxylic acids is 1. The van der Waals surface area contributed by atoms with Crippen LogP contribution in [0.1, 0.15) is 20.3 Å². The highest BCUT2D eigenvalue weighted by molar-refractivity contribution is 5.83. The van der Waals surface area contributed by atoms with Gasteiger partial charge in [0.25, 0.3) is 0 Å². The summed E-state index contributed by atoms with van der Waals surface area (Å²) in [6.07, 6.45) is 0.410. The third kappa shape index (κ3) is 3.17. The summed E-state index contributed by atoms with van der Waals surface area (Å²) in [5, 5.41) is 11.4. The average Bonchev–Trinajstić information content (AvgIpc) is 2.60. The van der Waals surface area contributed by atoms with Crippen LogP contribution in [0.25, 0.3) is 0 Å². The molecule has 1 aliphatic heterocycles. The number of carbonyl (C=O) groups is 2. The zero-order chi connectivity index (χ0) is 13.1. The molecule has 1 rings (SSSR count). The van der Waals surface area contributed by atoms with Crippen LogP contribution < -0.4 is 11.1 Å². The molecule has 0 bridgehead atoms. The molecule has 0 saturated carbocycles. The molecule has 98 valence electrons. The quantitative estimate of drug-likeness (QED) is 0.609. The van der Waals surface area contributed by atoms with Crippen molar-refractivity contribution in [3.05, 3.63) is 0 Å². The van der Waals surface area contributed by atoms with Crippen molar-refractivity contribution in [3.8, 4) is 0 Å². The molecule has 4 N–H and O–H groups in total. The van der Waals surface area contributed by atoms with Crippen molar-refractivity contribution in [2.45, 2.75) is 26.3 Å². The maximum absolute atomic E-state index is 11.9. The Labute approximate surface area is 101 Å². The molecule has 3 atom stereocenters. The van der Waals surface area contributed by atoms with Gasteiger partial charge >= 0.3 is 5.97 Å². The molecule has 0 aromatic rings. The monoisotopic (exact) mass is 244 g/mol. The van der Waals surface area contributed by atoms with Crippen molar-refractivity contribution in [1.29, 1.82) is 0 Å². The van der Waals surface area contributed by atoms with E-state index >= 15 is 0 Å². The van der Waals surface area contributed by atoms with Crippen molar-refractivity contribution in [1.82, 2.24) is 5.32 Å². The topological polar surface area (TPSA) is 102 Å². The van der Waals surface area contributed by atoms with E-state index in [0.717, 1.165) is 0 Å². The van der Waals surface area contributed by atoms with Crippen molar-refractivity contribution in [3.63, 3.8) is 0 Å². The second-order valence-corrected chi connectivity index (χ2v) is 4.82. The Bertz CT molecular complexity index is 308. The maximum atomic E-state index is 11.9. The SMILES string of the molecule is CC(CCNC(=O)C1(C)COCC1N)C(=O)O. The smallest absolute Gasteiger partial charge is 0.306 e. The van der Waals surface area contributed by atoms with Crippen molar-refractivity contribution in [2.75, 3.05) is 19.8 Å². The average molecular weight is 244 g/mol. The van der Waals surface area contributed by atoms with Crippen LogP contribution in [0.5, 0.6) is 0 Å². The zero-order valence-electron chi connectivity index (χ0n) is 10.2. The predicted molar refractivity (Wildman–Crippen MR) is 61.3 cm³/mol. The molecule has 1 aliphatic rings. The number of hydrogen-bond donors (Lipinski definition) is 3. The molecule has 0 aromatic heterocycles. The van der Waals surface area contributed by atoms with E-state index in [-0.39, 0.29) is 11.9 Å². The van der Waals surface area contributed by atoms with Gasteiger partial charge in [-0.05, 0) is 13.3 Å². The number of amides is 1. The van der Waals surface area contributed by atoms with Gasteiger partial charge in [-0.2, -0.15) is 0 Å². The molecule has 1 heterocycles. The molecule has 17 heavy (non-hydrogen) atoms. The van der Waals surface area contributed by atoms with E-state index in [2.05, 4.69) is 5.32 Å². The van der Waals surface area contributed by atoms with Crippen LogP contribution in [0.2, 0.25) is 0 Å². The minimum Gasteiger partial charge on any atom is -0.481 e. The first-order valence-electron chi connectivity index (χ1n) is 5.72. The number of carbonyl (C=O) groups excluding carboxylic acids is 1. The number of nitrogens with one attached hydrogen (secondary N) is 1. The van der Waals surface area contributed by atoms with E-state index < -0.39 is 17.3 Å². The van der Waals surface area contributed by atoms with Crippen LogP contribution in [-0.2, 0) is 14.3 Å². The Morgan fingerprint density at radius 2 is 2.29 bits per heavy atom. The Morgan fingerprint density at radius 1 is 1.65 bits per heavy atom. The van der Waals surface area contributed by atoms with Gasteiger partial charge in [0.2, 0.25) is 5.91 Å². The van der Waals surface area contributed by atoms with Crippen molar-refractivity contribution in [2.24, 2.45) is 17.1 Å². The number of rotatable bonds is 5. The molecule has 0 aromatic carbocycles. The van der Waals surface area contributed by atoms with Crippen LogP contribution >= 0.6 is 0 Å². The fourth-order valence-electron chi connectivity index (χ4n) is 1.65. The fraction of sp³-hybridized carbons (Fsp3) is 0.818. The molecule has 1 saturated heterocycles. The van der Waals surface area contributed by atoms with Crippen LogP contribution in [0.15, 0.2) is 0 Å². The third-order valence-corrected chi connectivity index (χ3v) is 3.32. The number of ether oxygens (including phenoxy) is 1. The standard InChI is InChI=1S/C11H20N2O4/c1-7(9(14)15)3-4-13-10(16)11(2)6-17-5-8(11)12/h7-8H,3-6,12H2,1-2H3,(H,13,16)(H,14,15). The lowest BCUT2D eigenvalue weighted by Crippen LogP contribution is -2.50. The summed E-state index contributed by atoms with van der Waals surface area (Å²) < 4.78 is 5.18. The van der Waals surface area contributed by atoms with E-state index in [0.29, 0.717) is 26.2 Å². The summed E-state index contributed by atoms with van der Waals surface area (Å²) in [7, 11) is 0. The molecule has 1 fully saturated rings. The van der Waals surface area contributed by atoms with Gasteiger partial charge in [-0.3, -0.25) is 9.59 Å². The van der Waals surface area contributed by atoms with Crippen LogP contribution in [0, 0.1) is 11.3 Å². The van der Waals surface area contributed by atoms with Gasteiger partial charge in [-0.1, -0.05) is 6.92 Å². The number of carboxylic acids is 1. The van der Waals surface area contributed by atoms with E-state index in [4.69, 9.17) is 15.6 Å².